The van der Waals surface area contributed by atoms with Crippen LogP contribution in [-0.2, 0) is 10.2 Å². The number of rotatable bonds is 2. The number of carbonyl (C=O) groups is 1. The Morgan fingerprint density at radius 2 is 2.00 bits per heavy atom. The van der Waals surface area contributed by atoms with E-state index in [4.69, 9.17) is 0 Å². The summed E-state index contributed by atoms with van der Waals surface area (Å²) in [4.78, 5) is 11.6. The highest BCUT2D eigenvalue weighted by molar-refractivity contribution is 7.13. The van der Waals surface area contributed by atoms with Crippen molar-refractivity contribution in [1.29, 1.82) is 0 Å². The monoisotopic (exact) mass is 247 g/mol. The molecule has 1 aromatic heterocycles. The lowest BCUT2D eigenvalue weighted by atomic mass is 9.81. The van der Waals surface area contributed by atoms with Crippen LogP contribution in [0, 0.1) is 0 Å². The first kappa shape index (κ1) is 10.7. The van der Waals surface area contributed by atoms with E-state index in [1.54, 1.807) is 0 Å². The molecule has 0 atom stereocenters. The molecular weight excluding hydrogens is 234 g/mol. The number of carboxylic acids is 1. The Morgan fingerprint density at radius 3 is 2.71 bits per heavy atom. The van der Waals surface area contributed by atoms with Crippen molar-refractivity contribution in [2.24, 2.45) is 0 Å². The number of aromatic nitrogens is 1. The SMILES string of the molecule is O=C(O)C1(c2nsc3ccccc23)CCCC1. The summed E-state index contributed by atoms with van der Waals surface area (Å²) in [5.74, 6) is -0.717. The van der Waals surface area contributed by atoms with Crippen molar-refractivity contribution < 1.29 is 9.90 Å². The summed E-state index contributed by atoms with van der Waals surface area (Å²) in [5.41, 5.74) is 0.0441. The van der Waals surface area contributed by atoms with Gasteiger partial charge < -0.3 is 5.11 Å². The summed E-state index contributed by atoms with van der Waals surface area (Å²) in [7, 11) is 0. The third-order valence-corrected chi connectivity index (χ3v) is 4.52. The van der Waals surface area contributed by atoms with E-state index in [9.17, 15) is 9.90 Å². The van der Waals surface area contributed by atoms with Crippen molar-refractivity contribution >= 4 is 27.6 Å². The average molecular weight is 247 g/mol. The maximum Gasteiger partial charge on any atom is 0.315 e. The van der Waals surface area contributed by atoms with E-state index < -0.39 is 11.4 Å². The summed E-state index contributed by atoms with van der Waals surface area (Å²) < 4.78 is 5.51. The lowest BCUT2D eigenvalue weighted by Gasteiger charge is -2.21. The van der Waals surface area contributed by atoms with E-state index in [-0.39, 0.29) is 0 Å². The van der Waals surface area contributed by atoms with Crippen LogP contribution in [0.25, 0.3) is 10.1 Å². The first-order valence-corrected chi connectivity index (χ1v) is 6.60. The zero-order valence-corrected chi connectivity index (χ0v) is 10.2. The summed E-state index contributed by atoms with van der Waals surface area (Å²) >= 11 is 1.40. The molecule has 0 spiro atoms. The van der Waals surface area contributed by atoms with Crippen molar-refractivity contribution in [3.05, 3.63) is 30.0 Å². The number of carboxylic acid groups (broad SMARTS) is 1. The second-order valence-electron chi connectivity index (χ2n) is 4.62. The molecule has 1 aliphatic carbocycles. The highest BCUT2D eigenvalue weighted by Gasteiger charge is 2.45. The first-order valence-electron chi connectivity index (χ1n) is 5.82. The molecule has 1 fully saturated rings. The maximum atomic E-state index is 11.6. The van der Waals surface area contributed by atoms with E-state index in [0.29, 0.717) is 0 Å². The Kier molecular flexibility index (Phi) is 2.40. The molecule has 4 heteroatoms. The zero-order valence-electron chi connectivity index (χ0n) is 9.35. The number of aliphatic carboxylic acids is 1. The molecule has 17 heavy (non-hydrogen) atoms. The third-order valence-electron chi connectivity index (χ3n) is 3.70. The Balaban J connectivity index is 2.22. The van der Waals surface area contributed by atoms with Gasteiger partial charge in [-0.1, -0.05) is 31.0 Å². The Morgan fingerprint density at radius 1 is 1.29 bits per heavy atom. The van der Waals surface area contributed by atoms with Crippen LogP contribution in [0.2, 0.25) is 0 Å². The summed E-state index contributed by atoms with van der Waals surface area (Å²) in [6.07, 6.45) is 3.41. The Bertz CT molecular complexity index is 570. The third kappa shape index (κ3) is 1.47. The smallest absolute Gasteiger partial charge is 0.315 e. The van der Waals surface area contributed by atoms with E-state index >= 15 is 0 Å². The lowest BCUT2D eigenvalue weighted by molar-refractivity contribution is -0.143. The van der Waals surface area contributed by atoms with Gasteiger partial charge in [0.2, 0.25) is 0 Å². The van der Waals surface area contributed by atoms with Gasteiger partial charge in [-0.05, 0) is 30.4 Å². The van der Waals surface area contributed by atoms with Crippen LogP contribution in [0.5, 0.6) is 0 Å². The minimum atomic E-state index is -0.737. The van der Waals surface area contributed by atoms with Crippen molar-refractivity contribution in [2.45, 2.75) is 31.1 Å². The predicted molar refractivity (Wildman–Crippen MR) is 67.4 cm³/mol. The summed E-state index contributed by atoms with van der Waals surface area (Å²) in [6.45, 7) is 0. The molecule has 0 radical (unpaired) electrons. The van der Waals surface area contributed by atoms with Gasteiger partial charge in [0.05, 0.1) is 10.4 Å². The largest absolute Gasteiger partial charge is 0.481 e. The lowest BCUT2D eigenvalue weighted by Crippen LogP contribution is -2.33. The van der Waals surface area contributed by atoms with Crippen LogP contribution in [0.3, 0.4) is 0 Å². The molecule has 0 bridgehead atoms. The van der Waals surface area contributed by atoms with Gasteiger partial charge >= 0.3 is 5.97 Å². The highest BCUT2D eigenvalue weighted by Crippen LogP contribution is 2.44. The van der Waals surface area contributed by atoms with Gasteiger partial charge in [0.1, 0.15) is 5.41 Å². The minimum absolute atomic E-state index is 0.717. The Hall–Kier alpha value is -1.42. The molecule has 0 saturated heterocycles. The molecule has 88 valence electrons. The van der Waals surface area contributed by atoms with Crippen LogP contribution in [-0.4, -0.2) is 15.4 Å². The molecule has 1 saturated carbocycles. The summed E-state index contributed by atoms with van der Waals surface area (Å²) in [5, 5.41) is 10.6. The van der Waals surface area contributed by atoms with Crippen LogP contribution in [0.4, 0.5) is 0 Å². The van der Waals surface area contributed by atoms with E-state index in [2.05, 4.69) is 4.37 Å². The van der Waals surface area contributed by atoms with E-state index in [1.807, 2.05) is 24.3 Å². The van der Waals surface area contributed by atoms with Crippen molar-refractivity contribution in [3.63, 3.8) is 0 Å². The molecule has 1 N–H and O–H groups in total. The molecule has 3 nitrogen and oxygen atoms in total. The van der Waals surface area contributed by atoms with Crippen molar-refractivity contribution in [1.82, 2.24) is 4.37 Å². The minimum Gasteiger partial charge on any atom is -0.481 e. The van der Waals surface area contributed by atoms with Crippen LogP contribution < -0.4 is 0 Å². The van der Waals surface area contributed by atoms with Crippen LogP contribution in [0.15, 0.2) is 24.3 Å². The van der Waals surface area contributed by atoms with E-state index in [0.717, 1.165) is 41.5 Å². The first-order chi connectivity index (χ1) is 8.24. The van der Waals surface area contributed by atoms with Gasteiger partial charge in [-0.2, -0.15) is 4.37 Å². The van der Waals surface area contributed by atoms with Crippen LogP contribution >= 0.6 is 11.5 Å². The summed E-state index contributed by atoms with van der Waals surface area (Å²) in [6, 6.07) is 7.90. The fourth-order valence-electron chi connectivity index (χ4n) is 2.76. The van der Waals surface area contributed by atoms with Crippen molar-refractivity contribution in [3.8, 4) is 0 Å². The van der Waals surface area contributed by atoms with Gasteiger partial charge in [-0.15, -0.1) is 0 Å². The van der Waals surface area contributed by atoms with Gasteiger partial charge in [-0.25, -0.2) is 0 Å². The number of benzene rings is 1. The molecule has 1 aliphatic rings. The fourth-order valence-corrected chi connectivity index (χ4v) is 3.63. The number of nitrogens with zero attached hydrogens (tertiary/aromatic N) is 1. The zero-order chi connectivity index (χ0) is 11.9. The van der Waals surface area contributed by atoms with Gasteiger partial charge in [0.25, 0.3) is 0 Å². The number of hydrogen-bond acceptors (Lipinski definition) is 3. The molecule has 1 heterocycles. The standard InChI is InChI=1S/C13H13NO2S/c15-12(16)13(7-3-4-8-13)11-9-5-1-2-6-10(9)17-14-11/h1-2,5-6H,3-4,7-8H2,(H,15,16). The van der Waals surface area contributed by atoms with Gasteiger partial charge in [-0.3, -0.25) is 4.79 Å². The average Bonchev–Trinajstić information content (AvgIpc) is 2.95. The molecule has 0 aliphatic heterocycles. The normalized spacial score (nSPS) is 18.6. The Labute approximate surface area is 103 Å². The molecule has 0 amide bonds. The predicted octanol–water partition coefficient (Wildman–Crippen LogP) is 3.19. The second-order valence-corrected chi connectivity index (χ2v) is 5.43. The van der Waals surface area contributed by atoms with Gasteiger partial charge in [0.15, 0.2) is 0 Å². The van der Waals surface area contributed by atoms with Gasteiger partial charge in [0, 0.05) is 5.39 Å². The van der Waals surface area contributed by atoms with Crippen LogP contribution in [0.1, 0.15) is 31.4 Å². The number of fused-ring (bicyclic) bond motifs is 1. The molecule has 1 aromatic carbocycles. The number of hydrogen-bond donors (Lipinski definition) is 1. The fraction of sp³-hybridized carbons (Fsp3) is 0.385. The van der Waals surface area contributed by atoms with E-state index in [1.165, 1.54) is 11.5 Å². The topological polar surface area (TPSA) is 50.2 Å². The second kappa shape index (κ2) is 3.81. The molecule has 2 aromatic rings. The molecule has 3 rings (SSSR count). The highest BCUT2D eigenvalue weighted by atomic mass is 32.1. The quantitative estimate of drug-likeness (QED) is 0.886. The molecular formula is C13H13NO2S. The maximum absolute atomic E-state index is 11.6. The van der Waals surface area contributed by atoms with Crippen molar-refractivity contribution in [2.75, 3.05) is 0 Å². The molecule has 0 unspecified atom stereocenters.